The van der Waals surface area contributed by atoms with Crippen molar-refractivity contribution in [2.75, 3.05) is 6.54 Å². The van der Waals surface area contributed by atoms with E-state index in [4.69, 9.17) is 0 Å². The van der Waals surface area contributed by atoms with E-state index in [0.29, 0.717) is 31.7 Å². The van der Waals surface area contributed by atoms with Gasteiger partial charge in [0.2, 0.25) is 0 Å². The van der Waals surface area contributed by atoms with Gasteiger partial charge in [-0.25, -0.2) is 14.4 Å². The Kier molecular flexibility index (Phi) is 7.28. The number of alkyl halides is 3. The summed E-state index contributed by atoms with van der Waals surface area (Å²) in [7, 11) is 0. The van der Waals surface area contributed by atoms with Crippen molar-refractivity contribution in [2.45, 2.75) is 32.7 Å². The molecule has 1 heterocycles. The van der Waals surface area contributed by atoms with Crippen molar-refractivity contribution < 1.29 is 17.6 Å². The number of hydrogen-bond acceptors (Lipinski definition) is 2. The van der Waals surface area contributed by atoms with Crippen molar-refractivity contribution in [1.82, 2.24) is 20.2 Å². The van der Waals surface area contributed by atoms with E-state index in [-0.39, 0.29) is 12.1 Å². The number of rotatable bonds is 7. The van der Waals surface area contributed by atoms with Crippen LogP contribution in [0.15, 0.2) is 65.9 Å². The molecule has 0 unspecified atom stereocenters. The van der Waals surface area contributed by atoms with Crippen molar-refractivity contribution in [3.05, 3.63) is 89.3 Å². The maximum absolute atomic E-state index is 13.3. The van der Waals surface area contributed by atoms with Crippen LogP contribution in [0.25, 0.3) is 0 Å². The molecule has 0 atom stereocenters. The number of guanidine groups is 1. The first-order valence-corrected chi connectivity index (χ1v) is 9.78. The maximum Gasteiger partial charge on any atom is 0.416 e. The standard InChI is InChI=1S/C22H23F4N5/c1-2-27-21(29-13-17-8-9-18(23)12-19(17)22(24,25)26)30-14-20-28-10-11-31(20)15-16-6-4-3-5-7-16/h3-12H,2,13-15H2,1H3,(H2,27,29,30). The number of benzene rings is 2. The molecule has 5 nitrogen and oxygen atoms in total. The molecule has 1 aromatic heterocycles. The summed E-state index contributed by atoms with van der Waals surface area (Å²) in [6.07, 6.45) is -1.10. The summed E-state index contributed by atoms with van der Waals surface area (Å²) in [5.74, 6) is 0.164. The number of aliphatic imine (C=N–C) groups is 1. The zero-order valence-corrected chi connectivity index (χ0v) is 17.0. The number of nitrogens with zero attached hydrogens (tertiary/aromatic N) is 3. The van der Waals surface area contributed by atoms with Crippen molar-refractivity contribution in [1.29, 1.82) is 0 Å². The molecular formula is C22H23F4N5. The normalized spacial score (nSPS) is 12.1. The lowest BCUT2D eigenvalue weighted by atomic mass is 10.1. The van der Waals surface area contributed by atoms with Crippen LogP contribution in [0.1, 0.15) is 29.4 Å². The first-order chi connectivity index (χ1) is 14.9. The fraction of sp³-hybridized carbons (Fsp3) is 0.273. The summed E-state index contributed by atoms with van der Waals surface area (Å²) >= 11 is 0. The second kappa shape index (κ2) is 10.1. The van der Waals surface area contributed by atoms with Gasteiger partial charge in [0.05, 0.1) is 18.7 Å². The molecule has 164 valence electrons. The van der Waals surface area contributed by atoms with Crippen molar-refractivity contribution in [2.24, 2.45) is 4.99 Å². The molecule has 0 aliphatic heterocycles. The summed E-state index contributed by atoms with van der Waals surface area (Å²) in [6.45, 7) is 3.12. The molecule has 0 saturated carbocycles. The van der Waals surface area contributed by atoms with E-state index < -0.39 is 17.6 Å². The minimum atomic E-state index is -4.65. The molecule has 0 bridgehead atoms. The van der Waals surface area contributed by atoms with Gasteiger partial charge >= 0.3 is 6.18 Å². The molecule has 0 aliphatic carbocycles. The molecule has 9 heteroatoms. The van der Waals surface area contributed by atoms with Gasteiger partial charge in [-0.2, -0.15) is 13.2 Å². The average molecular weight is 433 g/mol. The van der Waals surface area contributed by atoms with Crippen LogP contribution in [-0.2, 0) is 25.8 Å². The smallest absolute Gasteiger partial charge is 0.357 e. The van der Waals surface area contributed by atoms with Gasteiger partial charge in [0.15, 0.2) is 5.96 Å². The number of halogens is 4. The van der Waals surface area contributed by atoms with E-state index in [1.54, 1.807) is 6.20 Å². The fourth-order valence-electron chi connectivity index (χ4n) is 3.05. The topological polar surface area (TPSA) is 54.2 Å². The van der Waals surface area contributed by atoms with Gasteiger partial charge in [-0.15, -0.1) is 0 Å². The van der Waals surface area contributed by atoms with Crippen LogP contribution in [0.2, 0.25) is 0 Å². The van der Waals surface area contributed by atoms with Gasteiger partial charge in [-0.3, -0.25) is 0 Å². The lowest BCUT2D eigenvalue weighted by Crippen LogP contribution is -2.37. The Balaban J connectivity index is 1.70. The number of hydrogen-bond donors (Lipinski definition) is 2. The number of aromatic nitrogens is 2. The van der Waals surface area contributed by atoms with E-state index in [1.807, 2.05) is 48.0 Å². The molecule has 0 amide bonds. The highest BCUT2D eigenvalue weighted by molar-refractivity contribution is 5.79. The molecule has 0 aliphatic rings. The fourth-order valence-corrected chi connectivity index (χ4v) is 3.05. The van der Waals surface area contributed by atoms with Crippen molar-refractivity contribution >= 4 is 5.96 Å². The highest BCUT2D eigenvalue weighted by Crippen LogP contribution is 2.32. The summed E-state index contributed by atoms with van der Waals surface area (Å²) in [5.41, 5.74) is 0.000460. The molecular weight excluding hydrogens is 410 g/mol. The minimum absolute atomic E-state index is 0.100. The first-order valence-electron chi connectivity index (χ1n) is 9.78. The Morgan fingerprint density at radius 2 is 1.87 bits per heavy atom. The van der Waals surface area contributed by atoms with Crippen molar-refractivity contribution in [3.63, 3.8) is 0 Å². The van der Waals surface area contributed by atoms with Gasteiger partial charge < -0.3 is 15.2 Å². The quantitative estimate of drug-likeness (QED) is 0.331. The molecule has 0 fully saturated rings. The zero-order chi connectivity index (χ0) is 22.3. The molecule has 2 aromatic carbocycles. The Labute approximate surface area is 177 Å². The Morgan fingerprint density at radius 1 is 1.10 bits per heavy atom. The van der Waals surface area contributed by atoms with Crippen LogP contribution >= 0.6 is 0 Å². The lowest BCUT2D eigenvalue weighted by Gasteiger charge is -2.14. The van der Waals surface area contributed by atoms with Crippen LogP contribution < -0.4 is 10.6 Å². The predicted molar refractivity (Wildman–Crippen MR) is 111 cm³/mol. The molecule has 0 spiro atoms. The molecule has 0 saturated heterocycles. The van der Waals surface area contributed by atoms with Gasteiger partial charge in [-0.1, -0.05) is 36.4 Å². The molecule has 3 aromatic rings. The zero-order valence-electron chi connectivity index (χ0n) is 17.0. The van der Waals surface area contributed by atoms with E-state index in [0.717, 1.165) is 23.5 Å². The predicted octanol–water partition coefficient (Wildman–Crippen LogP) is 4.34. The summed E-state index contributed by atoms with van der Waals surface area (Å²) in [5, 5.41) is 6.09. The minimum Gasteiger partial charge on any atom is -0.357 e. The first kappa shape index (κ1) is 22.3. The average Bonchev–Trinajstić information content (AvgIpc) is 3.17. The highest BCUT2D eigenvalue weighted by atomic mass is 19.4. The van der Waals surface area contributed by atoms with Crippen LogP contribution in [-0.4, -0.2) is 22.1 Å². The van der Waals surface area contributed by atoms with Crippen LogP contribution in [0, 0.1) is 5.82 Å². The third-order valence-electron chi connectivity index (χ3n) is 4.54. The summed E-state index contributed by atoms with van der Waals surface area (Å²) in [4.78, 5) is 8.58. The van der Waals surface area contributed by atoms with Crippen LogP contribution in [0.5, 0.6) is 0 Å². The van der Waals surface area contributed by atoms with Gasteiger partial charge in [0.25, 0.3) is 0 Å². The van der Waals surface area contributed by atoms with E-state index in [2.05, 4.69) is 20.6 Å². The van der Waals surface area contributed by atoms with E-state index >= 15 is 0 Å². The lowest BCUT2D eigenvalue weighted by molar-refractivity contribution is -0.138. The number of imidazole rings is 1. The monoisotopic (exact) mass is 433 g/mol. The Morgan fingerprint density at radius 3 is 2.58 bits per heavy atom. The van der Waals surface area contributed by atoms with Gasteiger partial charge in [0, 0.05) is 25.5 Å². The largest absolute Gasteiger partial charge is 0.416 e. The molecule has 2 N–H and O–H groups in total. The second-order valence-electron chi connectivity index (χ2n) is 6.80. The molecule has 3 rings (SSSR count). The summed E-state index contributed by atoms with van der Waals surface area (Å²) < 4.78 is 54.9. The maximum atomic E-state index is 13.3. The Hall–Kier alpha value is -3.36. The summed E-state index contributed by atoms with van der Waals surface area (Å²) in [6, 6.07) is 12.5. The Bertz CT molecular complexity index is 1010. The van der Waals surface area contributed by atoms with E-state index in [9.17, 15) is 17.6 Å². The van der Waals surface area contributed by atoms with Crippen LogP contribution in [0.3, 0.4) is 0 Å². The third kappa shape index (κ3) is 6.31. The third-order valence-corrected chi connectivity index (χ3v) is 4.54. The number of nitrogens with one attached hydrogen (secondary N) is 2. The second-order valence-corrected chi connectivity index (χ2v) is 6.80. The SMILES string of the molecule is CCNC(=NCc1ccc(F)cc1C(F)(F)F)NCc1nccn1Cc1ccccc1. The van der Waals surface area contributed by atoms with Crippen LogP contribution in [0.4, 0.5) is 17.6 Å². The highest BCUT2D eigenvalue weighted by Gasteiger charge is 2.33. The van der Waals surface area contributed by atoms with E-state index in [1.165, 1.54) is 0 Å². The van der Waals surface area contributed by atoms with Gasteiger partial charge in [0.1, 0.15) is 11.6 Å². The van der Waals surface area contributed by atoms with Gasteiger partial charge in [-0.05, 0) is 30.2 Å². The molecule has 31 heavy (non-hydrogen) atoms. The molecule has 0 radical (unpaired) electrons. The van der Waals surface area contributed by atoms with Crippen molar-refractivity contribution in [3.8, 4) is 0 Å².